The van der Waals surface area contributed by atoms with E-state index in [2.05, 4.69) is 70.0 Å². The average molecular weight is 343 g/mol. The van der Waals surface area contributed by atoms with Crippen molar-refractivity contribution in [3.63, 3.8) is 0 Å². The third-order valence-electron chi connectivity index (χ3n) is 3.89. The van der Waals surface area contributed by atoms with Crippen LogP contribution in [0.1, 0.15) is 25.0 Å². The number of nitrogens with zero attached hydrogens (tertiary/aromatic N) is 1. The zero-order valence-corrected chi connectivity index (χ0v) is 14.4. The van der Waals surface area contributed by atoms with E-state index in [0.717, 1.165) is 18.3 Å². The molecule has 1 N–H and O–H groups in total. The van der Waals surface area contributed by atoms with E-state index >= 15 is 0 Å². The molecule has 1 aliphatic rings. The molecule has 1 aromatic carbocycles. The predicted octanol–water partition coefficient (Wildman–Crippen LogP) is 3.49. The third-order valence-corrected chi connectivity index (χ3v) is 5.96. The highest BCUT2D eigenvalue weighted by atomic mass is 79.9. The summed E-state index contributed by atoms with van der Waals surface area (Å²) in [4.78, 5) is 2.60. The Kier molecular flexibility index (Phi) is 5.75. The van der Waals surface area contributed by atoms with Gasteiger partial charge in [0, 0.05) is 41.2 Å². The average Bonchev–Trinajstić information content (AvgIpc) is 2.38. The Bertz CT molecular complexity index is 425. The van der Waals surface area contributed by atoms with Crippen molar-refractivity contribution in [1.82, 2.24) is 10.2 Å². The van der Waals surface area contributed by atoms with Gasteiger partial charge in [0.25, 0.3) is 0 Å². The number of hydrogen-bond donors (Lipinski definition) is 1. The molecule has 0 spiro atoms. The highest BCUT2D eigenvalue weighted by Gasteiger charge is 2.25. The number of benzene rings is 1. The van der Waals surface area contributed by atoms with Gasteiger partial charge in [-0.2, -0.15) is 11.8 Å². The molecule has 2 unspecified atom stereocenters. The normalized spacial score (nSPS) is 24.6. The van der Waals surface area contributed by atoms with Gasteiger partial charge in [-0.1, -0.05) is 35.0 Å². The van der Waals surface area contributed by atoms with Gasteiger partial charge in [-0.25, -0.2) is 0 Å². The number of halogens is 1. The van der Waals surface area contributed by atoms with Gasteiger partial charge >= 0.3 is 0 Å². The highest BCUT2D eigenvalue weighted by Crippen LogP contribution is 2.27. The molecule has 19 heavy (non-hydrogen) atoms. The van der Waals surface area contributed by atoms with Crippen molar-refractivity contribution in [3.8, 4) is 0 Å². The van der Waals surface area contributed by atoms with Gasteiger partial charge in [0.05, 0.1) is 0 Å². The first-order valence-electron chi connectivity index (χ1n) is 6.89. The van der Waals surface area contributed by atoms with Crippen LogP contribution in [0.5, 0.6) is 0 Å². The number of nitrogens with one attached hydrogen (secondary N) is 1. The number of rotatable bonds is 4. The first kappa shape index (κ1) is 15.4. The van der Waals surface area contributed by atoms with E-state index in [0.29, 0.717) is 6.04 Å². The van der Waals surface area contributed by atoms with Gasteiger partial charge in [0.15, 0.2) is 0 Å². The molecule has 2 atom stereocenters. The summed E-state index contributed by atoms with van der Waals surface area (Å²) in [7, 11) is 1.98. The summed E-state index contributed by atoms with van der Waals surface area (Å²) in [5, 5.41) is 3.92. The van der Waals surface area contributed by atoms with Crippen molar-refractivity contribution in [2.24, 2.45) is 0 Å². The van der Waals surface area contributed by atoms with Gasteiger partial charge in [0.1, 0.15) is 0 Å². The lowest BCUT2D eigenvalue weighted by atomic mass is 10.1. The maximum absolute atomic E-state index is 3.72. The molecule has 0 bridgehead atoms. The summed E-state index contributed by atoms with van der Waals surface area (Å²) in [5.74, 6) is 1.25. The van der Waals surface area contributed by atoms with Gasteiger partial charge < -0.3 is 5.32 Å². The molecular weight excluding hydrogens is 320 g/mol. The van der Waals surface area contributed by atoms with E-state index in [1.807, 2.05) is 7.05 Å². The fourth-order valence-electron chi connectivity index (χ4n) is 2.47. The van der Waals surface area contributed by atoms with Crippen LogP contribution >= 0.6 is 27.7 Å². The molecule has 2 rings (SSSR count). The minimum absolute atomic E-state index is 0.655. The summed E-state index contributed by atoms with van der Waals surface area (Å²) < 4.78 is 1.23. The number of thioether (sulfide) groups is 1. The van der Waals surface area contributed by atoms with Crippen molar-refractivity contribution >= 4 is 27.7 Å². The van der Waals surface area contributed by atoms with Gasteiger partial charge in [0.2, 0.25) is 0 Å². The summed E-state index contributed by atoms with van der Waals surface area (Å²) in [6.07, 6.45) is 0. The SMILES string of the molecule is CNCc1ccc(CN2CCSC(C)C2C)c(Br)c1. The maximum Gasteiger partial charge on any atom is 0.0248 e. The molecule has 106 valence electrons. The summed E-state index contributed by atoms with van der Waals surface area (Å²) >= 11 is 5.81. The smallest absolute Gasteiger partial charge is 0.0248 e. The van der Waals surface area contributed by atoms with Crippen LogP contribution in [-0.2, 0) is 13.1 Å². The molecule has 2 nitrogen and oxygen atoms in total. The minimum atomic E-state index is 0.655. The molecule has 0 aliphatic carbocycles. The molecular formula is C15H23BrN2S. The fourth-order valence-corrected chi connectivity index (χ4v) is 4.18. The quantitative estimate of drug-likeness (QED) is 0.901. The van der Waals surface area contributed by atoms with Crippen molar-refractivity contribution < 1.29 is 0 Å². The lowest BCUT2D eigenvalue weighted by molar-refractivity contribution is 0.204. The van der Waals surface area contributed by atoms with Crippen LogP contribution < -0.4 is 5.32 Å². The molecule has 1 saturated heterocycles. The molecule has 1 aromatic rings. The first-order chi connectivity index (χ1) is 9.11. The Morgan fingerprint density at radius 2 is 2.21 bits per heavy atom. The second kappa shape index (κ2) is 7.11. The van der Waals surface area contributed by atoms with Crippen molar-refractivity contribution in [3.05, 3.63) is 33.8 Å². The Labute approximate surface area is 129 Å². The molecule has 0 amide bonds. The van der Waals surface area contributed by atoms with Gasteiger partial charge in [-0.3, -0.25) is 4.90 Å². The predicted molar refractivity (Wildman–Crippen MR) is 88.7 cm³/mol. The Morgan fingerprint density at radius 3 is 2.89 bits per heavy atom. The van der Waals surface area contributed by atoms with E-state index in [-0.39, 0.29) is 0 Å². The standard InChI is InChI=1S/C15H23BrN2S/c1-11-12(2)19-7-6-18(11)10-14-5-4-13(9-17-3)8-15(14)16/h4-5,8,11-12,17H,6-7,9-10H2,1-3H3. The van der Waals surface area contributed by atoms with Crippen LogP contribution in [0.2, 0.25) is 0 Å². The Hall–Kier alpha value is -0.0300. The topological polar surface area (TPSA) is 15.3 Å². The van der Waals surface area contributed by atoms with E-state index < -0.39 is 0 Å². The number of hydrogen-bond acceptors (Lipinski definition) is 3. The third kappa shape index (κ3) is 3.97. The second-order valence-corrected chi connectivity index (χ2v) is 7.58. The van der Waals surface area contributed by atoms with Crippen LogP contribution in [0, 0.1) is 0 Å². The minimum Gasteiger partial charge on any atom is -0.316 e. The zero-order valence-electron chi connectivity index (χ0n) is 11.9. The second-order valence-electron chi connectivity index (χ2n) is 5.24. The van der Waals surface area contributed by atoms with Crippen LogP contribution in [0.4, 0.5) is 0 Å². The first-order valence-corrected chi connectivity index (χ1v) is 8.73. The van der Waals surface area contributed by atoms with Crippen LogP contribution in [0.25, 0.3) is 0 Å². The van der Waals surface area contributed by atoms with Crippen molar-refractivity contribution in [1.29, 1.82) is 0 Å². The lowest BCUT2D eigenvalue weighted by Gasteiger charge is -2.37. The maximum atomic E-state index is 3.72. The highest BCUT2D eigenvalue weighted by molar-refractivity contribution is 9.10. The molecule has 1 heterocycles. The van der Waals surface area contributed by atoms with Crippen molar-refractivity contribution in [2.45, 2.75) is 38.2 Å². The molecule has 0 saturated carbocycles. The van der Waals surface area contributed by atoms with Gasteiger partial charge in [-0.15, -0.1) is 0 Å². The van der Waals surface area contributed by atoms with Gasteiger partial charge in [-0.05, 0) is 31.2 Å². The molecule has 0 radical (unpaired) electrons. The molecule has 4 heteroatoms. The van der Waals surface area contributed by atoms with E-state index in [1.54, 1.807) is 0 Å². The van der Waals surface area contributed by atoms with Crippen LogP contribution in [0.3, 0.4) is 0 Å². The van der Waals surface area contributed by atoms with Crippen LogP contribution in [0.15, 0.2) is 22.7 Å². The Balaban J connectivity index is 2.06. The molecule has 0 aromatic heterocycles. The van der Waals surface area contributed by atoms with Crippen molar-refractivity contribution in [2.75, 3.05) is 19.3 Å². The molecule has 1 aliphatic heterocycles. The summed E-state index contributed by atoms with van der Waals surface area (Å²) in [5.41, 5.74) is 2.72. The largest absolute Gasteiger partial charge is 0.316 e. The lowest BCUT2D eigenvalue weighted by Crippen LogP contribution is -2.44. The molecule has 1 fully saturated rings. The van der Waals surface area contributed by atoms with Crippen LogP contribution in [-0.4, -0.2) is 35.5 Å². The van der Waals surface area contributed by atoms with E-state index in [1.165, 1.54) is 27.9 Å². The van der Waals surface area contributed by atoms with E-state index in [9.17, 15) is 0 Å². The fraction of sp³-hybridized carbons (Fsp3) is 0.600. The summed E-state index contributed by atoms with van der Waals surface area (Å²) in [6, 6.07) is 7.38. The monoisotopic (exact) mass is 342 g/mol. The summed E-state index contributed by atoms with van der Waals surface area (Å²) in [6.45, 7) is 7.85. The van der Waals surface area contributed by atoms with E-state index in [4.69, 9.17) is 0 Å². The zero-order chi connectivity index (χ0) is 13.8. The Morgan fingerprint density at radius 1 is 1.42 bits per heavy atom.